The van der Waals surface area contributed by atoms with Crippen molar-refractivity contribution >= 4 is 35.8 Å². The van der Waals surface area contributed by atoms with E-state index in [4.69, 9.17) is 4.98 Å². The lowest BCUT2D eigenvalue weighted by Crippen LogP contribution is -2.40. The molecule has 1 saturated heterocycles. The Bertz CT molecular complexity index is 809. The first-order valence-electron chi connectivity index (χ1n) is 10.9. The molecule has 6 heteroatoms. The number of hydrogen-bond donors (Lipinski definition) is 2. The molecule has 1 saturated carbocycles. The Morgan fingerprint density at radius 1 is 1.10 bits per heavy atom. The van der Waals surface area contributed by atoms with Gasteiger partial charge in [0.25, 0.3) is 0 Å². The Labute approximate surface area is 197 Å². The summed E-state index contributed by atoms with van der Waals surface area (Å²) in [5.74, 6) is 2.79. The molecule has 1 aromatic carbocycles. The van der Waals surface area contributed by atoms with E-state index in [1.165, 1.54) is 36.8 Å². The zero-order valence-electron chi connectivity index (χ0n) is 18.1. The topological polar surface area (TPSA) is 52.6 Å². The van der Waals surface area contributed by atoms with E-state index in [0.717, 1.165) is 43.9 Å². The smallest absolute Gasteiger partial charge is 0.191 e. The van der Waals surface area contributed by atoms with Crippen LogP contribution < -0.4 is 15.5 Å². The molecule has 5 nitrogen and oxygen atoms in total. The minimum atomic E-state index is 0. The van der Waals surface area contributed by atoms with Gasteiger partial charge in [-0.15, -0.1) is 24.0 Å². The molecule has 2 heterocycles. The number of halogens is 1. The van der Waals surface area contributed by atoms with Crippen LogP contribution in [0.25, 0.3) is 0 Å². The van der Waals surface area contributed by atoms with Gasteiger partial charge in [-0.1, -0.05) is 43.3 Å². The lowest BCUT2D eigenvalue weighted by atomic mass is 9.96. The fourth-order valence-corrected chi connectivity index (χ4v) is 4.12. The third-order valence-corrected chi connectivity index (χ3v) is 6.43. The predicted molar refractivity (Wildman–Crippen MR) is 136 cm³/mol. The molecule has 4 rings (SSSR count). The van der Waals surface area contributed by atoms with Crippen molar-refractivity contribution < 1.29 is 0 Å². The standard InChI is InChI=1S/C24H33N5.HI/c1-19-10-14-29(15-11-19)22-9-8-20(16-26-22)17-27-23(25-2)28-18-24(12-13-24)21-6-4-3-5-7-21;/h3-9,16,19H,10-15,17-18H2,1-2H3,(H2,25,27,28);1H. The minimum absolute atomic E-state index is 0. The van der Waals surface area contributed by atoms with Gasteiger partial charge in [0.1, 0.15) is 5.82 Å². The van der Waals surface area contributed by atoms with Crippen LogP contribution in [0, 0.1) is 5.92 Å². The summed E-state index contributed by atoms with van der Waals surface area (Å²) in [6.07, 6.45) is 6.98. The van der Waals surface area contributed by atoms with Crippen molar-refractivity contribution in [2.45, 2.75) is 44.6 Å². The van der Waals surface area contributed by atoms with Crippen LogP contribution in [0.15, 0.2) is 53.7 Å². The number of pyridine rings is 1. The molecule has 1 aliphatic heterocycles. The van der Waals surface area contributed by atoms with Gasteiger partial charge in [0.2, 0.25) is 0 Å². The molecule has 0 spiro atoms. The summed E-state index contributed by atoms with van der Waals surface area (Å²) in [5, 5.41) is 6.95. The zero-order chi connectivity index (χ0) is 20.1. The molecular formula is C24H34IN5. The van der Waals surface area contributed by atoms with Gasteiger partial charge in [-0.2, -0.15) is 0 Å². The van der Waals surface area contributed by atoms with Crippen molar-refractivity contribution in [2.24, 2.45) is 10.9 Å². The van der Waals surface area contributed by atoms with Gasteiger partial charge in [0, 0.05) is 44.8 Å². The number of aromatic nitrogens is 1. The molecular weight excluding hydrogens is 485 g/mol. The molecule has 1 aliphatic carbocycles. The average Bonchev–Trinajstić information content (AvgIpc) is 3.57. The SMILES string of the molecule is CN=C(NCc1ccc(N2CCC(C)CC2)nc1)NCC1(c2ccccc2)CC1.I. The van der Waals surface area contributed by atoms with Gasteiger partial charge in [-0.3, -0.25) is 4.99 Å². The second kappa shape index (κ2) is 10.5. The predicted octanol–water partition coefficient (Wildman–Crippen LogP) is 4.33. The van der Waals surface area contributed by atoms with E-state index in [1.54, 1.807) is 0 Å². The fraction of sp³-hybridized carbons (Fsp3) is 0.500. The van der Waals surface area contributed by atoms with Gasteiger partial charge in [-0.25, -0.2) is 4.98 Å². The molecule has 2 aromatic rings. The van der Waals surface area contributed by atoms with Gasteiger partial charge < -0.3 is 15.5 Å². The second-order valence-electron chi connectivity index (χ2n) is 8.62. The summed E-state index contributed by atoms with van der Waals surface area (Å²) in [5.41, 5.74) is 2.87. The molecule has 0 atom stereocenters. The van der Waals surface area contributed by atoms with Crippen molar-refractivity contribution in [3.8, 4) is 0 Å². The molecule has 162 valence electrons. The number of anilines is 1. The van der Waals surface area contributed by atoms with E-state index in [9.17, 15) is 0 Å². The minimum Gasteiger partial charge on any atom is -0.357 e. The fourth-order valence-electron chi connectivity index (χ4n) is 4.12. The van der Waals surface area contributed by atoms with Crippen molar-refractivity contribution in [3.63, 3.8) is 0 Å². The number of guanidine groups is 1. The monoisotopic (exact) mass is 519 g/mol. The lowest BCUT2D eigenvalue weighted by Gasteiger charge is -2.31. The number of nitrogens with one attached hydrogen (secondary N) is 2. The molecule has 2 N–H and O–H groups in total. The van der Waals surface area contributed by atoms with Crippen LogP contribution in [0.3, 0.4) is 0 Å². The number of aliphatic imine (C=N–C) groups is 1. The Morgan fingerprint density at radius 3 is 2.43 bits per heavy atom. The average molecular weight is 519 g/mol. The number of rotatable bonds is 6. The first kappa shape index (κ1) is 22.8. The molecule has 0 radical (unpaired) electrons. The van der Waals surface area contributed by atoms with Gasteiger partial charge >= 0.3 is 0 Å². The zero-order valence-corrected chi connectivity index (χ0v) is 20.4. The van der Waals surface area contributed by atoms with Crippen LogP contribution in [0.5, 0.6) is 0 Å². The first-order chi connectivity index (χ1) is 14.2. The number of nitrogens with zero attached hydrogens (tertiary/aromatic N) is 3. The Morgan fingerprint density at radius 2 is 1.83 bits per heavy atom. The van der Waals surface area contributed by atoms with E-state index < -0.39 is 0 Å². The van der Waals surface area contributed by atoms with Crippen LogP contribution in [0.4, 0.5) is 5.82 Å². The third-order valence-electron chi connectivity index (χ3n) is 6.43. The van der Waals surface area contributed by atoms with Crippen LogP contribution in [0.2, 0.25) is 0 Å². The van der Waals surface area contributed by atoms with E-state index in [0.29, 0.717) is 0 Å². The van der Waals surface area contributed by atoms with E-state index >= 15 is 0 Å². The van der Waals surface area contributed by atoms with Crippen molar-refractivity contribution in [3.05, 3.63) is 59.8 Å². The Balaban J connectivity index is 0.00000256. The number of piperidine rings is 1. The maximum Gasteiger partial charge on any atom is 0.191 e. The highest BCUT2D eigenvalue weighted by Crippen LogP contribution is 2.47. The summed E-state index contributed by atoms with van der Waals surface area (Å²) >= 11 is 0. The highest BCUT2D eigenvalue weighted by atomic mass is 127. The molecule has 2 fully saturated rings. The van der Waals surface area contributed by atoms with E-state index in [-0.39, 0.29) is 29.4 Å². The molecule has 0 amide bonds. The normalized spacial score (nSPS) is 18.5. The summed E-state index contributed by atoms with van der Waals surface area (Å²) in [4.78, 5) is 11.5. The number of hydrogen-bond acceptors (Lipinski definition) is 3. The summed E-state index contributed by atoms with van der Waals surface area (Å²) in [7, 11) is 1.83. The van der Waals surface area contributed by atoms with Crippen molar-refractivity contribution in [2.75, 3.05) is 31.6 Å². The molecule has 2 aliphatic rings. The van der Waals surface area contributed by atoms with Crippen molar-refractivity contribution in [1.82, 2.24) is 15.6 Å². The summed E-state index contributed by atoms with van der Waals surface area (Å²) in [6, 6.07) is 15.1. The van der Waals surface area contributed by atoms with E-state index in [1.807, 2.05) is 13.2 Å². The Hall–Kier alpha value is -1.83. The van der Waals surface area contributed by atoms with E-state index in [2.05, 4.69) is 69.9 Å². The molecule has 1 aromatic heterocycles. The third kappa shape index (κ3) is 5.65. The van der Waals surface area contributed by atoms with Gasteiger partial charge in [0.15, 0.2) is 5.96 Å². The molecule has 30 heavy (non-hydrogen) atoms. The van der Waals surface area contributed by atoms with Gasteiger partial charge in [0.05, 0.1) is 0 Å². The molecule has 0 bridgehead atoms. The highest BCUT2D eigenvalue weighted by Gasteiger charge is 2.43. The summed E-state index contributed by atoms with van der Waals surface area (Å²) in [6.45, 7) is 6.21. The maximum atomic E-state index is 4.69. The van der Waals surface area contributed by atoms with Gasteiger partial charge in [-0.05, 0) is 48.8 Å². The van der Waals surface area contributed by atoms with Crippen LogP contribution in [0.1, 0.15) is 43.7 Å². The lowest BCUT2D eigenvalue weighted by molar-refractivity contribution is 0.436. The quantitative estimate of drug-likeness (QED) is 0.339. The first-order valence-corrected chi connectivity index (χ1v) is 10.9. The highest BCUT2D eigenvalue weighted by molar-refractivity contribution is 14.0. The van der Waals surface area contributed by atoms with Crippen LogP contribution in [-0.4, -0.2) is 37.6 Å². The van der Waals surface area contributed by atoms with Crippen LogP contribution >= 0.6 is 24.0 Å². The number of benzene rings is 1. The maximum absolute atomic E-state index is 4.69. The largest absolute Gasteiger partial charge is 0.357 e. The Kier molecular flexibility index (Phi) is 7.97. The molecule has 0 unspecified atom stereocenters. The summed E-state index contributed by atoms with van der Waals surface area (Å²) < 4.78 is 0. The van der Waals surface area contributed by atoms with Crippen LogP contribution in [-0.2, 0) is 12.0 Å². The van der Waals surface area contributed by atoms with Crippen molar-refractivity contribution in [1.29, 1.82) is 0 Å². The second-order valence-corrected chi connectivity index (χ2v) is 8.62.